The molecule has 0 aromatic heterocycles. The largest absolute Gasteiger partial charge is 0 e. The summed E-state index contributed by atoms with van der Waals surface area (Å²) in [6.07, 6.45) is 0. The Morgan fingerprint density at radius 2 is 0.0185 bits per heavy atom. The Hall–Kier alpha value is 59.6. The van der Waals surface area contributed by atoms with Gasteiger partial charge in [0.2, 0.25) is 0 Å². The van der Waals surface area contributed by atoms with Crippen LogP contribution in [0.2, 0.25) is 0 Å². The molecule has 0 saturated carbocycles. The fourth-order valence-electron chi connectivity index (χ4n) is 0. The molecule has 162 valence electrons. The molecule has 0 amide bonds. The smallest absolute Gasteiger partial charge is 0 e. The van der Waals surface area contributed by atoms with Crippen molar-refractivity contribution in [2.75, 3.05) is 0 Å². The van der Waals surface area contributed by atoms with E-state index in [-0.39, 0.29) is 1770 Å². The summed E-state index contributed by atoms with van der Waals surface area (Å²) in [5, 5.41) is 0. The standard InChI is InChI=1S/54Y. The third kappa shape index (κ3) is 384. The van der Waals surface area contributed by atoms with Gasteiger partial charge < -0.3 is 0 Å². The van der Waals surface area contributed by atoms with Crippen LogP contribution in [0.5, 0.6) is 0 Å². The Morgan fingerprint density at radius 3 is 0.0185 bits per heavy atom. The van der Waals surface area contributed by atoms with Gasteiger partial charge in [0.1, 0.15) is 0 Å². The van der Waals surface area contributed by atoms with Gasteiger partial charge in [-0.15, -0.1) is 0 Å². The molecule has 0 atom stereocenters. The summed E-state index contributed by atoms with van der Waals surface area (Å²) in [4.78, 5) is 0. The zero-order valence-corrected chi connectivity index (χ0v) is 184. The molecule has 0 bridgehead atoms. The summed E-state index contributed by atoms with van der Waals surface area (Å²) in [5.74, 6) is 0. The molecule has 0 aromatic rings. The van der Waals surface area contributed by atoms with Crippen LogP contribution in [-0.4, -0.2) is 0 Å². The summed E-state index contributed by atoms with van der Waals surface area (Å²) < 4.78 is 0. The minimum atomic E-state index is 0. The average Bonchev–Trinajstić information content (AvgIpc) is 0. The fraction of sp³-hybridized carbons (Fsp3) is 0. The summed E-state index contributed by atoms with van der Waals surface area (Å²) in [5.41, 5.74) is 0. The van der Waals surface area contributed by atoms with Crippen molar-refractivity contribution >= 4 is 0 Å². The van der Waals surface area contributed by atoms with Crippen LogP contribution in [0.4, 0.5) is 0 Å². The van der Waals surface area contributed by atoms with Crippen molar-refractivity contribution in [2.24, 2.45) is 0 Å². The zero-order valence-electron chi connectivity index (χ0n) is 31.2. The first kappa shape index (κ1) is 405. The van der Waals surface area contributed by atoms with Crippen molar-refractivity contribution in [3.05, 3.63) is 0 Å². The molecule has 54 heavy (non-hydrogen) atoms. The predicted octanol–water partition coefficient (Wildman–Crippen LogP) is -0.135. The van der Waals surface area contributed by atoms with Crippen LogP contribution in [0, 0.1) is 0 Å². The first-order valence-corrected chi connectivity index (χ1v) is 0. The van der Waals surface area contributed by atoms with E-state index in [0.29, 0.717) is 0 Å². The molecule has 0 N–H and O–H groups in total. The molecule has 0 spiro atoms. The number of rotatable bonds is 0. The second-order valence-electron chi connectivity index (χ2n) is 0. The Morgan fingerprint density at radius 1 is 0.0185 bits per heavy atom. The quantitative estimate of drug-likeness (QED) is 0.318. The molecule has 0 aromatic carbocycles. The van der Waals surface area contributed by atoms with Crippen molar-refractivity contribution in [3.8, 4) is 0 Å². The third-order valence-electron chi connectivity index (χ3n) is 0. The van der Waals surface area contributed by atoms with Gasteiger partial charge in [0.25, 0.3) is 0 Å². The molecule has 0 rings (SSSR count). The second-order valence-corrected chi connectivity index (χ2v) is 0. The molecule has 0 aliphatic heterocycles. The Bertz CT molecular complexity index is 0. The molecule has 54 radical (unpaired) electrons. The van der Waals surface area contributed by atoms with Crippen molar-refractivity contribution in [1.82, 2.24) is 0 Å². The molecular weight excluding hydrogens is 4800 g/mol. The van der Waals surface area contributed by atoms with Crippen molar-refractivity contribution in [3.63, 3.8) is 0 Å². The van der Waals surface area contributed by atoms with Gasteiger partial charge in [-0.25, -0.2) is 0 Å². The first-order chi connectivity index (χ1) is 0. The van der Waals surface area contributed by atoms with Crippen molar-refractivity contribution in [1.29, 1.82) is 0 Å². The molecule has 54 heteroatoms. The van der Waals surface area contributed by atoms with Crippen LogP contribution >= 0.6 is 0 Å². The zero-order chi connectivity index (χ0) is 0. The maximum atomic E-state index is 0. The second kappa shape index (κ2) is 395. The molecular formula is Y54. The van der Waals surface area contributed by atoms with E-state index in [2.05, 4.69) is 0 Å². The van der Waals surface area contributed by atoms with Crippen LogP contribution in [0.15, 0.2) is 0 Å². The van der Waals surface area contributed by atoms with Gasteiger partial charge >= 0.3 is 0 Å². The molecule has 0 aliphatic rings. The maximum absolute atomic E-state index is 0. The van der Waals surface area contributed by atoms with E-state index < -0.39 is 0 Å². The third-order valence-corrected chi connectivity index (χ3v) is 0. The van der Waals surface area contributed by atoms with E-state index in [9.17, 15) is 0 Å². The molecule has 0 aliphatic carbocycles. The normalized spacial score (nSPS) is 0. The Kier molecular flexibility index (Phi) is 2960. The van der Waals surface area contributed by atoms with E-state index in [0.717, 1.165) is 0 Å². The minimum Gasteiger partial charge on any atom is 0 e. The van der Waals surface area contributed by atoms with Crippen LogP contribution in [0.3, 0.4) is 0 Å². The Labute approximate surface area is 1700 Å². The average molecular weight is 4800 g/mol. The van der Waals surface area contributed by atoms with E-state index >= 15 is 0 Å². The number of hydrogen-bond donors (Lipinski definition) is 0. The predicted molar refractivity (Wildman–Crippen MR) is 0 cm³/mol. The SMILES string of the molecule is [Y].[Y].[Y].[Y].[Y].[Y].[Y].[Y].[Y].[Y].[Y].[Y].[Y].[Y].[Y].[Y].[Y].[Y].[Y].[Y].[Y].[Y].[Y].[Y].[Y].[Y].[Y].[Y].[Y].[Y].[Y].[Y].[Y].[Y].[Y].[Y].[Y].[Y].[Y].[Y].[Y].[Y].[Y].[Y].[Y].[Y].[Y].[Y].[Y].[Y].[Y].[Y].[Y].[Y]. The fourth-order valence-corrected chi connectivity index (χ4v) is 0. The van der Waals surface area contributed by atoms with Gasteiger partial charge in [0.05, 0.1) is 0 Å². The maximum Gasteiger partial charge on any atom is 0 e. The Balaban J connectivity index is 0. The molecule has 0 nitrogen and oxygen atoms in total. The van der Waals surface area contributed by atoms with Gasteiger partial charge in [-0.3, -0.25) is 0 Å². The first-order valence-electron chi connectivity index (χ1n) is 0. The van der Waals surface area contributed by atoms with Gasteiger partial charge in [-0.2, -0.15) is 0 Å². The summed E-state index contributed by atoms with van der Waals surface area (Å²) in [6.45, 7) is 0. The van der Waals surface area contributed by atoms with E-state index in [1.807, 2.05) is 0 Å². The van der Waals surface area contributed by atoms with Gasteiger partial charge in [-0.1, -0.05) is 0 Å². The van der Waals surface area contributed by atoms with Crippen LogP contribution < -0.4 is 0 Å². The molecule has 0 fully saturated rings. The number of hydrogen-bond acceptors (Lipinski definition) is 0. The summed E-state index contributed by atoms with van der Waals surface area (Å²) in [7, 11) is 0. The topological polar surface area (TPSA) is 0 Å². The van der Waals surface area contributed by atoms with Gasteiger partial charge in [0, 0.05) is 1770 Å². The van der Waals surface area contributed by atoms with Crippen molar-refractivity contribution in [2.45, 2.75) is 0 Å². The summed E-state index contributed by atoms with van der Waals surface area (Å²) >= 11 is 0. The minimum absolute atomic E-state index is 0. The van der Waals surface area contributed by atoms with Crippen LogP contribution in [0.1, 0.15) is 0 Å². The van der Waals surface area contributed by atoms with E-state index in [1.165, 1.54) is 0 Å². The van der Waals surface area contributed by atoms with Crippen LogP contribution in [-0.2, 0) is 1770 Å². The van der Waals surface area contributed by atoms with Gasteiger partial charge in [-0.05, 0) is 0 Å². The van der Waals surface area contributed by atoms with Gasteiger partial charge in [0.15, 0.2) is 0 Å². The van der Waals surface area contributed by atoms with E-state index in [1.54, 1.807) is 0 Å². The summed E-state index contributed by atoms with van der Waals surface area (Å²) in [6, 6.07) is 0. The van der Waals surface area contributed by atoms with E-state index in [4.69, 9.17) is 0 Å². The van der Waals surface area contributed by atoms with Crippen molar-refractivity contribution < 1.29 is 1770 Å². The molecule has 0 unspecified atom stereocenters. The molecule has 0 heterocycles. The molecule has 0 saturated heterocycles. The monoisotopic (exact) mass is 4800 g/mol. The van der Waals surface area contributed by atoms with Crippen LogP contribution in [0.25, 0.3) is 0 Å².